The summed E-state index contributed by atoms with van der Waals surface area (Å²) in [6, 6.07) is 8.68. The molecule has 1 fully saturated rings. The molecule has 0 aliphatic carbocycles. The Morgan fingerprint density at radius 1 is 1.31 bits per heavy atom. The van der Waals surface area contributed by atoms with Crippen LogP contribution in [-0.4, -0.2) is 79.9 Å². The number of rotatable bonds is 6. The van der Waals surface area contributed by atoms with Crippen molar-refractivity contribution in [3.8, 4) is 0 Å². The minimum Gasteiger partial charge on any atom is -0.353 e. The van der Waals surface area contributed by atoms with Crippen molar-refractivity contribution in [1.82, 2.24) is 20.0 Å². The van der Waals surface area contributed by atoms with Crippen LogP contribution in [0.5, 0.6) is 0 Å². The first-order chi connectivity index (χ1) is 12.5. The first kappa shape index (κ1) is 20.0. The van der Waals surface area contributed by atoms with Gasteiger partial charge in [-0.1, -0.05) is 35.9 Å². The number of aliphatic imine (C=N–C) groups is 1. The maximum Gasteiger partial charge on any atom is 0.243 e. The van der Waals surface area contributed by atoms with Gasteiger partial charge in [-0.3, -0.25) is 9.69 Å². The molecule has 1 aromatic rings. The van der Waals surface area contributed by atoms with E-state index in [0.29, 0.717) is 6.54 Å². The second kappa shape index (κ2) is 9.97. The number of piperazine rings is 1. The molecule has 0 unspecified atom stereocenters. The number of carbonyl (C=O) groups excluding carboxylic acids is 1. The van der Waals surface area contributed by atoms with E-state index in [1.54, 1.807) is 25.1 Å². The maximum atomic E-state index is 11.8. The Morgan fingerprint density at radius 2 is 2.04 bits per heavy atom. The van der Waals surface area contributed by atoms with Crippen molar-refractivity contribution < 1.29 is 4.79 Å². The molecule has 0 bridgehead atoms. The fourth-order valence-electron chi connectivity index (χ4n) is 2.90. The van der Waals surface area contributed by atoms with Gasteiger partial charge < -0.3 is 15.1 Å². The molecular formula is C20H31N5O. The second-order valence-electron chi connectivity index (χ2n) is 6.85. The van der Waals surface area contributed by atoms with Crippen LogP contribution in [0, 0.1) is 6.92 Å². The number of benzene rings is 1. The first-order valence-corrected chi connectivity index (χ1v) is 9.12. The molecule has 6 nitrogen and oxygen atoms in total. The number of hydrogen-bond acceptors (Lipinski definition) is 3. The topological polar surface area (TPSA) is 51.2 Å². The van der Waals surface area contributed by atoms with Gasteiger partial charge in [0.15, 0.2) is 5.96 Å². The number of hydrogen-bond donors (Lipinski definition) is 1. The van der Waals surface area contributed by atoms with Gasteiger partial charge in [-0.05, 0) is 12.5 Å². The molecule has 0 aromatic heterocycles. The molecule has 142 valence electrons. The van der Waals surface area contributed by atoms with E-state index >= 15 is 0 Å². The summed E-state index contributed by atoms with van der Waals surface area (Å²) in [7, 11) is 3.50. The van der Waals surface area contributed by atoms with Crippen LogP contribution in [0.3, 0.4) is 0 Å². The molecule has 0 saturated carbocycles. The summed E-state index contributed by atoms with van der Waals surface area (Å²) < 4.78 is 0. The largest absolute Gasteiger partial charge is 0.353 e. The van der Waals surface area contributed by atoms with Crippen LogP contribution in [0.4, 0.5) is 0 Å². The highest BCUT2D eigenvalue weighted by Gasteiger charge is 2.20. The van der Waals surface area contributed by atoms with E-state index in [1.807, 2.05) is 0 Å². The molecule has 1 amide bonds. The van der Waals surface area contributed by atoms with Crippen LogP contribution in [0.15, 0.2) is 41.9 Å². The molecule has 6 heteroatoms. The van der Waals surface area contributed by atoms with Crippen molar-refractivity contribution in [2.45, 2.75) is 13.5 Å². The molecule has 2 rings (SSSR count). The monoisotopic (exact) mass is 357 g/mol. The molecule has 1 aliphatic rings. The fraction of sp³-hybridized carbons (Fsp3) is 0.500. The van der Waals surface area contributed by atoms with Crippen molar-refractivity contribution in [2.24, 2.45) is 4.99 Å². The Balaban J connectivity index is 1.92. The minimum absolute atomic E-state index is 0.000913. The van der Waals surface area contributed by atoms with Gasteiger partial charge in [-0.25, -0.2) is 4.99 Å². The lowest BCUT2D eigenvalue weighted by atomic mass is 10.1. The number of amides is 1. The molecule has 26 heavy (non-hydrogen) atoms. The molecule has 0 radical (unpaired) electrons. The van der Waals surface area contributed by atoms with Crippen molar-refractivity contribution in [1.29, 1.82) is 0 Å². The van der Waals surface area contributed by atoms with E-state index in [1.165, 1.54) is 11.1 Å². The summed E-state index contributed by atoms with van der Waals surface area (Å²) in [6.45, 7) is 11.4. The Kier molecular flexibility index (Phi) is 7.66. The average Bonchev–Trinajstić information content (AvgIpc) is 2.62. The van der Waals surface area contributed by atoms with Crippen molar-refractivity contribution in [2.75, 3.05) is 53.4 Å². The van der Waals surface area contributed by atoms with E-state index in [0.717, 1.165) is 38.7 Å². The highest BCUT2D eigenvalue weighted by atomic mass is 16.2. The van der Waals surface area contributed by atoms with E-state index in [-0.39, 0.29) is 12.5 Å². The van der Waals surface area contributed by atoms with E-state index < -0.39 is 0 Å². The number of nitrogens with zero attached hydrogens (tertiary/aromatic N) is 4. The summed E-state index contributed by atoms with van der Waals surface area (Å²) in [4.78, 5) is 22.6. The van der Waals surface area contributed by atoms with E-state index in [2.05, 4.69) is 57.9 Å². The van der Waals surface area contributed by atoms with Crippen molar-refractivity contribution in [3.05, 3.63) is 48.0 Å². The highest BCUT2D eigenvalue weighted by molar-refractivity contribution is 5.85. The maximum absolute atomic E-state index is 11.8. The van der Waals surface area contributed by atoms with Gasteiger partial charge in [-0.2, -0.15) is 0 Å². The molecule has 1 aromatic carbocycles. The van der Waals surface area contributed by atoms with E-state index in [4.69, 9.17) is 0 Å². The Labute approximate surface area is 157 Å². The zero-order valence-electron chi connectivity index (χ0n) is 16.2. The second-order valence-corrected chi connectivity index (χ2v) is 6.85. The van der Waals surface area contributed by atoms with Gasteiger partial charge in [0.25, 0.3) is 0 Å². The third-order valence-corrected chi connectivity index (χ3v) is 4.43. The van der Waals surface area contributed by atoms with Gasteiger partial charge in [0.1, 0.15) is 6.54 Å². The predicted molar refractivity (Wildman–Crippen MR) is 107 cm³/mol. The first-order valence-electron chi connectivity index (χ1n) is 9.12. The van der Waals surface area contributed by atoms with Crippen LogP contribution in [0.2, 0.25) is 0 Å². The van der Waals surface area contributed by atoms with Crippen LogP contribution < -0.4 is 5.32 Å². The SMILES string of the molecule is C=CCNC(=NCC(=O)N(C)C)N1CCN(Cc2cccc(C)c2)CC1. The number of aryl methyl sites for hydroxylation is 1. The van der Waals surface area contributed by atoms with Crippen LogP contribution in [-0.2, 0) is 11.3 Å². The van der Waals surface area contributed by atoms with E-state index in [9.17, 15) is 4.79 Å². The lowest BCUT2D eigenvalue weighted by Crippen LogP contribution is -2.52. The quantitative estimate of drug-likeness (QED) is 0.474. The molecule has 1 aliphatic heterocycles. The molecule has 0 atom stereocenters. The minimum atomic E-state index is 0.000913. The Morgan fingerprint density at radius 3 is 2.65 bits per heavy atom. The standard InChI is InChI=1S/C20H31N5O/c1-5-9-21-20(22-15-19(26)23(3)4)25-12-10-24(11-13-25)16-18-8-6-7-17(2)14-18/h5-8,14H,1,9-13,15-16H2,2-4H3,(H,21,22). The van der Waals surface area contributed by atoms with Crippen molar-refractivity contribution >= 4 is 11.9 Å². The van der Waals surface area contributed by atoms with Gasteiger partial charge in [0.05, 0.1) is 0 Å². The highest BCUT2D eigenvalue weighted by Crippen LogP contribution is 2.10. The van der Waals surface area contributed by atoms with Crippen LogP contribution in [0.1, 0.15) is 11.1 Å². The number of nitrogens with one attached hydrogen (secondary N) is 1. The lowest BCUT2D eigenvalue weighted by molar-refractivity contribution is -0.127. The normalized spacial score (nSPS) is 15.7. The Hall–Kier alpha value is -2.34. The summed E-state index contributed by atoms with van der Waals surface area (Å²) in [5, 5.41) is 3.27. The zero-order chi connectivity index (χ0) is 18.9. The van der Waals surface area contributed by atoms with Gasteiger partial charge in [0.2, 0.25) is 5.91 Å². The summed E-state index contributed by atoms with van der Waals surface area (Å²) in [6.07, 6.45) is 1.80. The molecule has 1 saturated heterocycles. The predicted octanol–water partition coefficient (Wildman–Crippen LogP) is 1.33. The lowest BCUT2D eigenvalue weighted by Gasteiger charge is -2.36. The third kappa shape index (κ3) is 6.19. The van der Waals surface area contributed by atoms with Gasteiger partial charge >= 0.3 is 0 Å². The van der Waals surface area contributed by atoms with Crippen LogP contribution in [0.25, 0.3) is 0 Å². The third-order valence-electron chi connectivity index (χ3n) is 4.43. The number of guanidine groups is 1. The fourth-order valence-corrected chi connectivity index (χ4v) is 2.90. The smallest absolute Gasteiger partial charge is 0.243 e. The molecular weight excluding hydrogens is 326 g/mol. The molecule has 1 heterocycles. The van der Waals surface area contributed by atoms with Crippen LogP contribution >= 0.6 is 0 Å². The number of likely N-dealkylation sites (N-methyl/N-ethyl adjacent to an activating group) is 1. The summed E-state index contributed by atoms with van der Waals surface area (Å²) >= 11 is 0. The van der Waals surface area contributed by atoms with Gasteiger partial charge in [-0.15, -0.1) is 6.58 Å². The molecule has 0 spiro atoms. The zero-order valence-corrected chi connectivity index (χ0v) is 16.2. The summed E-state index contributed by atoms with van der Waals surface area (Å²) in [5.74, 6) is 0.788. The Bertz CT molecular complexity index is 633. The average molecular weight is 358 g/mol. The number of carbonyl (C=O) groups is 1. The summed E-state index contributed by atoms with van der Waals surface area (Å²) in [5.41, 5.74) is 2.66. The molecule has 1 N–H and O–H groups in total. The van der Waals surface area contributed by atoms with Crippen molar-refractivity contribution in [3.63, 3.8) is 0 Å². The van der Waals surface area contributed by atoms with Gasteiger partial charge in [0, 0.05) is 53.4 Å².